The van der Waals surface area contributed by atoms with E-state index in [0.29, 0.717) is 17.4 Å². The summed E-state index contributed by atoms with van der Waals surface area (Å²) >= 11 is 0. The molecule has 1 aromatic rings. The summed E-state index contributed by atoms with van der Waals surface area (Å²) in [5.74, 6) is 0.940. The average molecular weight is 177 g/mol. The van der Waals surface area contributed by atoms with Crippen LogP contribution in [0.25, 0.3) is 5.57 Å². The number of nitrogens with zero attached hydrogens (tertiary/aromatic N) is 2. The summed E-state index contributed by atoms with van der Waals surface area (Å²) in [7, 11) is 0. The van der Waals surface area contributed by atoms with Crippen molar-refractivity contribution in [2.75, 3.05) is 5.73 Å². The van der Waals surface area contributed by atoms with Crippen molar-refractivity contribution >= 4 is 11.4 Å². The average Bonchev–Trinajstić information content (AvgIpc) is 2.53. The van der Waals surface area contributed by atoms with Gasteiger partial charge in [-0.3, -0.25) is 0 Å². The van der Waals surface area contributed by atoms with E-state index in [1.807, 2.05) is 6.08 Å². The lowest BCUT2D eigenvalue weighted by Gasteiger charge is -2.09. The smallest absolute Gasteiger partial charge is 0.196 e. The molecule has 0 amide bonds. The van der Waals surface area contributed by atoms with Crippen LogP contribution in [0.1, 0.15) is 19.0 Å². The highest BCUT2D eigenvalue weighted by Gasteiger charge is 2.12. The van der Waals surface area contributed by atoms with Gasteiger partial charge >= 0.3 is 0 Å². The van der Waals surface area contributed by atoms with E-state index in [9.17, 15) is 0 Å². The number of anilines is 1. The third-order valence-corrected chi connectivity index (χ3v) is 2.10. The third-order valence-electron chi connectivity index (χ3n) is 2.10. The summed E-state index contributed by atoms with van der Waals surface area (Å²) in [6.07, 6.45) is 7.24. The Hall–Kier alpha value is -1.58. The van der Waals surface area contributed by atoms with Crippen molar-refractivity contribution in [3.63, 3.8) is 0 Å². The van der Waals surface area contributed by atoms with Gasteiger partial charge < -0.3 is 5.73 Å². The minimum Gasteiger partial charge on any atom is -0.379 e. The van der Waals surface area contributed by atoms with Gasteiger partial charge in [0.25, 0.3) is 0 Å². The van der Waals surface area contributed by atoms with E-state index in [2.05, 4.69) is 34.0 Å². The Morgan fingerprint density at radius 1 is 1.54 bits per heavy atom. The molecule has 0 radical (unpaired) electrons. The minimum absolute atomic E-state index is 0.352. The normalized spacial score (nSPS) is 21.6. The molecule has 68 valence electrons. The molecule has 4 heteroatoms. The number of nitrogens with two attached hydrogens (primary N) is 1. The first-order chi connectivity index (χ1) is 6.27. The van der Waals surface area contributed by atoms with Gasteiger partial charge in [0, 0.05) is 5.57 Å². The molecule has 0 saturated heterocycles. The fraction of sp³-hybridized carbons (Fsp3) is 0.333. The lowest BCUT2D eigenvalue weighted by atomic mass is 9.97. The molecule has 13 heavy (non-hydrogen) atoms. The highest BCUT2D eigenvalue weighted by atomic mass is 16.6. The van der Waals surface area contributed by atoms with Crippen molar-refractivity contribution in [2.24, 2.45) is 5.92 Å². The Kier molecular flexibility index (Phi) is 1.88. The zero-order valence-corrected chi connectivity index (χ0v) is 7.40. The zero-order valence-electron chi connectivity index (χ0n) is 7.40. The first kappa shape index (κ1) is 8.04. The number of nitrogen functional groups attached to an aromatic ring is 1. The van der Waals surface area contributed by atoms with Gasteiger partial charge in [-0.1, -0.05) is 25.2 Å². The molecule has 2 N–H and O–H groups in total. The molecule has 1 aliphatic carbocycles. The van der Waals surface area contributed by atoms with Crippen LogP contribution in [0.2, 0.25) is 0 Å². The van der Waals surface area contributed by atoms with Gasteiger partial charge in [0.2, 0.25) is 0 Å². The molecule has 1 atom stereocenters. The summed E-state index contributed by atoms with van der Waals surface area (Å²) in [6.45, 7) is 2.16. The van der Waals surface area contributed by atoms with Gasteiger partial charge in [-0.2, -0.15) is 0 Å². The van der Waals surface area contributed by atoms with Crippen LogP contribution in [-0.2, 0) is 0 Å². The molecule has 0 saturated carbocycles. The molecular formula is C9H11N3O. The number of hydrogen-bond donors (Lipinski definition) is 1. The molecule has 1 aliphatic rings. The van der Waals surface area contributed by atoms with E-state index in [1.54, 1.807) is 0 Å². The second-order valence-corrected chi connectivity index (χ2v) is 3.23. The summed E-state index contributed by atoms with van der Waals surface area (Å²) in [4.78, 5) is 0. The molecule has 0 spiro atoms. The summed E-state index contributed by atoms with van der Waals surface area (Å²) in [5, 5.41) is 7.26. The van der Waals surface area contributed by atoms with Crippen molar-refractivity contribution in [3.05, 3.63) is 23.9 Å². The van der Waals surface area contributed by atoms with Crippen molar-refractivity contribution < 1.29 is 4.63 Å². The van der Waals surface area contributed by atoms with Crippen LogP contribution in [0, 0.1) is 5.92 Å². The molecule has 4 nitrogen and oxygen atoms in total. The van der Waals surface area contributed by atoms with Crippen LogP contribution in [-0.4, -0.2) is 10.3 Å². The molecule has 2 rings (SSSR count). The number of allylic oxidation sites excluding steroid dienone is 4. The largest absolute Gasteiger partial charge is 0.379 e. The van der Waals surface area contributed by atoms with Crippen LogP contribution in [0.4, 0.5) is 5.82 Å². The molecule has 1 aromatic heterocycles. The third kappa shape index (κ3) is 1.47. The van der Waals surface area contributed by atoms with Crippen molar-refractivity contribution in [1.82, 2.24) is 10.3 Å². The Morgan fingerprint density at radius 3 is 2.92 bits per heavy atom. The first-order valence-corrected chi connectivity index (χ1v) is 4.24. The second-order valence-electron chi connectivity index (χ2n) is 3.23. The molecular weight excluding hydrogens is 166 g/mol. The highest BCUT2D eigenvalue weighted by Crippen LogP contribution is 2.25. The Balaban J connectivity index is 2.29. The maximum atomic E-state index is 5.56. The standard InChI is InChI=1S/C9H11N3O/c1-6-2-4-7(5-3-6)8-9(10)12-13-11-8/h2,4-6H,3H2,1H3,(H2,10,12). The van der Waals surface area contributed by atoms with E-state index >= 15 is 0 Å². The predicted octanol–water partition coefficient (Wildman–Crippen LogP) is 1.63. The van der Waals surface area contributed by atoms with E-state index in [1.165, 1.54) is 0 Å². The molecule has 0 aliphatic heterocycles. The van der Waals surface area contributed by atoms with Gasteiger partial charge in [0.05, 0.1) is 0 Å². The van der Waals surface area contributed by atoms with Gasteiger partial charge in [-0.25, -0.2) is 4.63 Å². The minimum atomic E-state index is 0.352. The van der Waals surface area contributed by atoms with Crippen molar-refractivity contribution in [2.45, 2.75) is 13.3 Å². The van der Waals surface area contributed by atoms with Crippen LogP contribution >= 0.6 is 0 Å². The van der Waals surface area contributed by atoms with Crippen LogP contribution in [0.3, 0.4) is 0 Å². The fourth-order valence-corrected chi connectivity index (χ4v) is 1.30. The number of aromatic nitrogens is 2. The topological polar surface area (TPSA) is 64.9 Å². The number of hydrogen-bond acceptors (Lipinski definition) is 4. The van der Waals surface area contributed by atoms with Gasteiger partial charge in [-0.05, 0) is 22.7 Å². The monoisotopic (exact) mass is 177 g/mol. The van der Waals surface area contributed by atoms with Crippen LogP contribution in [0.15, 0.2) is 22.9 Å². The Morgan fingerprint density at radius 2 is 2.38 bits per heavy atom. The number of rotatable bonds is 1. The maximum absolute atomic E-state index is 5.56. The van der Waals surface area contributed by atoms with E-state index in [0.717, 1.165) is 12.0 Å². The van der Waals surface area contributed by atoms with Crippen LogP contribution < -0.4 is 5.73 Å². The SMILES string of the molecule is CC1C=CC(c2nonc2N)=CC1. The summed E-state index contributed by atoms with van der Waals surface area (Å²) in [5.41, 5.74) is 7.20. The van der Waals surface area contributed by atoms with E-state index in [4.69, 9.17) is 5.73 Å². The van der Waals surface area contributed by atoms with E-state index in [-0.39, 0.29) is 0 Å². The maximum Gasteiger partial charge on any atom is 0.196 e. The molecule has 0 fully saturated rings. The lowest BCUT2D eigenvalue weighted by molar-refractivity contribution is 0.308. The Bertz CT molecular complexity index is 365. The van der Waals surface area contributed by atoms with Gasteiger partial charge in [0.1, 0.15) is 0 Å². The lowest BCUT2D eigenvalue weighted by Crippen LogP contribution is -1.97. The highest BCUT2D eigenvalue weighted by molar-refractivity contribution is 5.77. The Labute approximate surface area is 76.1 Å². The molecule has 0 bridgehead atoms. The van der Waals surface area contributed by atoms with Crippen LogP contribution in [0.5, 0.6) is 0 Å². The quantitative estimate of drug-likeness (QED) is 0.708. The van der Waals surface area contributed by atoms with Gasteiger partial charge in [-0.15, -0.1) is 0 Å². The first-order valence-electron chi connectivity index (χ1n) is 4.24. The van der Waals surface area contributed by atoms with Crippen molar-refractivity contribution in [1.29, 1.82) is 0 Å². The zero-order chi connectivity index (χ0) is 9.26. The fourth-order valence-electron chi connectivity index (χ4n) is 1.30. The summed E-state index contributed by atoms with van der Waals surface area (Å²) in [6, 6.07) is 0. The molecule has 1 heterocycles. The van der Waals surface area contributed by atoms with Crippen molar-refractivity contribution in [3.8, 4) is 0 Å². The molecule has 0 aromatic carbocycles. The molecule has 1 unspecified atom stereocenters. The second kappa shape index (κ2) is 3.05. The summed E-state index contributed by atoms with van der Waals surface area (Å²) < 4.78 is 4.53. The van der Waals surface area contributed by atoms with E-state index < -0.39 is 0 Å². The predicted molar refractivity (Wildman–Crippen MR) is 49.6 cm³/mol. The van der Waals surface area contributed by atoms with Gasteiger partial charge in [0.15, 0.2) is 11.5 Å².